The van der Waals surface area contributed by atoms with E-state index < -0.39 is 0 Å². The van der Waals surface area contributed by atoms with E-state index in [-0.39, 0.29) is 6.04 Å². The molecule has 0 bridgehead atoms. The fourth-order valence-corrected chi connectivity index (χ4v) is 4.96. The first-order chi connectivity index (χ1) is 9.67. The third-order valence-electron chi connectivity index (χ3n) is 4.51. The minimum Gasteiger partial charge on any atom is -0.326 e. The minimum atomic E-state index is 0.229. The molecule has 3 atom stereocenters. The standard InChI is InChI=1S/C16H27BrN2S/c1-3-12-8-6-5-7-11-19(12)16(13(18)4-2)14-9-10-15(17)20-14/h9-10,12-13,16H,3-8,11,18H2,1-2H3. The number of hydrogen-bond acceptors (Lipinski definition) is 3. The topological polar surface area (TPSA) is 29.3 Å². The van der Waals surface area contributed by atoms with Crippen molar-refractivity contribution in [1.29, 1.82) is 0 Å². The molecular formula is C16H27BrN2S. The highest BCUT2D eigenvalue weighted by Gasteiger charge is 2.32. The van der Waals surface area contributed by atoms with Crippen molar-refractivity contribution in [3.05, 3.63) is 20.8 Å². The molecule has 0 saturated carbocycles. The second-order valence-corrected chi connectivity index (χ2v) is 8.30. The lowest BCUT2D eigenvalue weighted by Gasteiger charge is -2.39. The lowest BCUT2D eigenvalue weighted by molar-refractivity contribution is 0.114. The zero-order valence-electron chi connectivity index (χ0n) is 12.6. The van der Waals surface area contributed by atoms with Gasteiger partial charge in [0.25, 0.3) is 0 Å². The molecule has 2 heterocycles. The van der Waals surface area contributed by atoms with Crippen LogP contribution < -0.4 is 5.73 Å². The normalized spacial score (nSPS) is 24.3. The van der Waals surface area contributed by atoms with Gasteiger partial charge in [0, 0.05) is 17.0 Å². The Kier molecular flexibility index (Phi) is 6.53. The number of hydrogen-bond donors (Lipinski definition) is 1. The number of nitrogens with two attached hydrogens (primary N) is 1. The summed E-state index contributed by atoms with van der Waals surface area (Å²) in [5, 5.41) is 0. The predicted octanol–water partition coefficient (Wildman–Crippen LogP) is 4.94. The first kappa shape index (κ1) is 16.5. The first-order valence-electron chi connectivity index (χ1n) is 7.93. The maximum atomic E-state index is 6.51. The number of halogens is 1. The molecule has 1 aromatic rings. The number of nitrogens with zero attached hydrogens (tertiary/aromatic N) is 1. The molecule has 0 amide bonds. The van der Waals surface area contributed by atoms with Crippen LogP contribution in [0.25, 0.3) is 0 Å². The highest BCUT2D eigenvalue weighted by atomic mass is 79.9. The summed E-state index contributed by atoms with van der Waals surface area (Å²) >= 11 is 5.45. The predicted molar refractivity (Wildman–Crippen MR) is 92.3 cm³/mol. The van der Waals surface area contributed by atoms with E-state index in [1.54, 1.807) is 0 Å². The van der Waals surface area contributed by atoms with Gasteiger partial charge < -0.3 is 5.73 Å². The second-order valence-electron chi connectivity index (χ2n) is 5.81. The van der Waals surface area contributed by atoms with E-state index >= 15 is 0 Å². The Hall–Kier alpha value is 0.1000. The molecule has 2 nitrogen and oxygen atoms in total. The van der Waals surface area contributed by atoms with Gasteiger partial charge in [0.15, 0.2) is 0 Å². The van der Waals surface area contributed by atoms with Crippen molar-refractivity contribution in [1.82, 2.24) is 4.90 Å². The largest absolute Gasteiger partial charge is 0.326 e. The van der Waals surface area contributed by atoms with Crippen LogP contribution in [-0.2, 0) is 0 Å². The molecular weight excluding hydrogens is 332 g/mol. The Labute approximate surface area is 135 Å². The summed E-state index contributed by atoms with van der Waals surface area (Å²) in [6.07, 6.45) is 7.66. The van der Waals surface area contributed by atoms with Crippen molar-refractivity contribution in [3.63, 3.8) is 0 Å². The Balaban J connectivity index is 2.28. The second kappa shape index (κ2) is 7.92. The van der Waals surface area contributed by atoms with Crippen LogP contribution in [0.5, 0.6) is 0 Å². The van der Waals surface area contributed by atoms with E-state index in [0.717, 1.165) is 6.42 Å². The highest BCUT2D eigenvalue weighted by molar-refractivity contribution is 9.11. The quantitative estimate of drug-likeness (QED) is 0.807. The number of rotatable bonds is 5. The SMILES string of the molecule is CCC(N)C(c1ccc(Br)s1)N1CCCCCC1CC. The Morgan fingerprint density at radius 2 is 2.15 bits per heavy atom. The minimum absolute atomic E-state index is 0.229. The summed E-state index contributed by atoms with van der Waals surface area (Å²) in [7, 11) is 0. The van der Waals surface area contributed by atoms with E-state index in [2.05, 4.69) is 46.8 Å². The molecule has 1 fully saturated rings. The molecule has 4 heteroatoms. The molecule has 1 aliphatic rings. The van der Waals surface area contributed by atoms with Crippen LogP contribution in [-0.4, -0.2) is 23.5 Å². The Morgan fingerprint density at radius 3 is 2.75 bits per heavy atom. The fourth-order valence-electron chi connectivity index (χ4n) is 3.34. The average Bonchev–Trinajstić information content (AvgIpc) is 2.74. The summed E-state index contributed by atoms with van der Waals surface area (Å²) < 4.78 is 1.21. The average molecular weight is 359 g/mol. The molecule has 1 saturated heterocycles. The number of thiophene rings is 1. The van der Waals surface area contributed by atoms with Crippen LogP contribution in [0.3, 0.4) is 0 Å². The molecule has 0 spiro atoms. The highest BCUT2D eigenvalue weighted by Crippen LogP contribution is 2.36. The van der Waals surface area contributed by atoms with E-state index in [1.165, 1.54) is 47.3 Å². The van der Waals surface area contributed by atoms with Crippen LogP contribution in [0, 0.1) is 0 Å². The van der Waals surface area contributed by atoms with Crippen LogP contribution >= 0.6 is 27.3 Å². The van der Waals surface area contributed by atoms with Crippen molar-refractivity contribution < 1.29 is 0 Å². The van der Waals surface area contributed by atoms with Gasteiger partial charge in [0.1, 0.15) is 0 Å². The molecule has 114 valence electrons. The van der Waals surface area contributed by atoms with Crippen LogP contribution in [0.2, 0.25) is 0 Å². The van der Waals surface area contributed by atoms with Gasteiger partial charge in [-0.15, -0.1) is 11.3 Å². The van der Waals surface area contributed by atoms with Gasteiger partial charge >= 0.3 is 0 Å². The summed E-state index contributed by atoms with van der Waals surface area (Å²) in [4.78, 5) is 4.13. The van der Waals surface area contributed by atoms with Gasteiger partial charge in [-0.05, 0) is 60.3 Å². The monoisotopic (exact) mass is 358 g/mol. The summed E-state index contributed by atoms with van der Waals surface area (Å²) in [6, 6.07) is 5.73. The summed E-state index contributed by atoms with van der Waals surface area (Å²) in [5.74, 6) is 0. The number of likely N-dealkylation sites (tertiary alicyclic amines) is 1. The zero-order valence-corrected chi connectivity index (χ0v) is 15.0. The van der Waals surface area contributed by atoms with Crippen LogP contribution in [0.15, 0.2) is 15.9 Å². The van der Waals surface area contributed by atoms with Crippen LogP contribution in [0.1, 0.15) is 63.3 Å². The zero-order chi connectivity index (χ0) is 14.5. The van der Waals surface area contributed by atoms with Gasteiger partial charge in [-0.3, -0.25) is 4.90 Å². The van der Waals surface area contributed by atoms with E-state index in [0.29, 0.717) is 12.1 Å². The smallest absolute Gasteiger partial charge is 0.0702 e. The van der Waals surface area contributed by atoms with Crippen molar-refractivity contribution in [2.45, 2.75) is 70.5 Å². The first-order valence-corrected chi connectivity index (χ1v) is 9.54. The molecule has 1 aliphatic heterocycles. The Morgan fingerprint density at radius 1 is 1.35 bits per heavy atom. The lowest BCUT2D eigenvalue weighted by atomic mass is 9.99. The molecule has 0 radical (unpaired) electrons. The maximum Gasteiger partial charge on any atom is 0.0702 e. The van der Waals surface area contributed by atoms with Gasteiger partial charge in [-0.1, -0.05) is 26.7 Å². The summed E-state index contributed by atoms with van der Waals surface area (Å²) in [5.41, 5.74) is 6.51. The molecule has 2 N–H and O–H groups in total. The van der Waals surface area contributed by atoms with Crippen molar-refractivity contribution in [3.8, 4) is 0 Å². The van der Waals surface area contributed by atoms with E-state index in [9.17, 15) is 0 Å². The van der Waals surface area contributed by atoms with Gasteiger partial charge in [-0.25, -0.2) is 0 Å². The van der Waals surface area contributed by atoms with Crippen molar-refractivity contribution >= 4 is 27.3 Å². The lowest BCUT2D eigenvalue weighted by Crippen LogP contribution is -2.45. The van der Waals surface area contributed by atoms with E-state index in [1.807, 2.05) is 11.3 Å². The van der Waals surface area contributed by atoms with Gasteiger partial charge in [0.2, 0.25) is 0 Å². The fraction of sp³-hybridized carbons (Fsp3) is 0.750. The van der Waals surface area contributed by atoms with Crippen molar-refractivity contribution in [2.24, 2.45) is 5.73 Å². The van der Waals surface area contributed by atoms with Crippen molar-refractivity contribution in [2.75, 3.05) is 6.54 Å². The van der Waals surface area contributed by atoms with Gasteiger partial charge in [0.05, 0.1) is 9.83 Å². The van der Waals surface area contributed by atoms with Crippen LogP contribution in [0.4, 0.5) is 0 Å². The van der Waals surface area contributed by atoms with Gasteiger partial charge in [-0.2, -0.15) is 0 Å². The Bertz CT molecular complexity index is 407. The molecule has 0 aromatic carbocycles. The molecule has 20 heavy (non-hydrogen) atoms. The molecule has 0 aliphatic carbocycles. The third-order valence-corrected chi connectivity index (χ3v) is 6.21. The molecule has 1 aromatic heterocycles. The van der Waals surface area contributed by atoms with E-state index in [4.69, 9.17) is 5.73 Å². The third kappa shape index (κ3) is 3.85. The molecule has 2 rings (SSSR count). The molecule has 3 unspecified atom stereocenters. The maximum absolute atomic E-state index is 6.51. The summed E-state index contributed by atoms with van der Waals surface area (Å²) in [6.45, 7) is 5.73.